The number of halogens is 2. The van der Waals surface area contributed by atoms with Crippen molar-refractivity contribution in [2.24, 2.45) is 0 Å². The summed E-state index contributed by atoms with van der Waals surface area (Å²) in [5, 5.41) is 7.25. The predicted octanol–water partition coefficient (Wildman–Crippen LogP) is 4.19. The van der Waals surface area contributed by atoms with Gasteiger partial charge in [0, 0.05) is 35.2 Å². The topological polar surface area (TPSA) is 79.8 Å². The molecule has 168 valence electrons. The van der Waals surface area contributed by atoms with Crippen LogP contribution in [0.25, 0.3) is 22.2 Å². The molecule has 1 fully saturated rings. The molecule has 2 N–H and O–H groups in total. The number of aromatic amines is 1. The molecule has 4 rings (SSSR count). The molecule has 0 atom stereocenters. The van der Waals surface area contributed by atoms with E-state index in [2.05, 4.69) is 15.4 Å². The Morgan fingerprint density at radius 2 is 1.88 bits per heavy atom. The van der Waals surface area contributed by atoms with Crippen molar-refractivity contribution < 1.29 is 13.6 Å². The highest BCUT2D eigenvalue weighted by Crippen LogP contribution is 2.35. The Morgan fingerprint density at radius 3 is 2.50 bits per heavy atom. The van der Waals surface area contributed by atoms with Crippen LogP contribution in [0.15, 0.2) is 40.8 Å². The Hall–Kier alpha value is -3.29. The van der Waals surface area contributed by atoms with Gasteiger partial charge in [-0.05, 0) is 44.4 Å². The van der Waals surface area contributed by atoms with Crippen LogP contribution in [-0.2, 0) is 16.8 Å². The van der Waals surface area contributed by atoms with Gasteiger partial charge in [0.2, 0.25) is 5.91 Å². The van der Waals surface area contributed by atoms with Gasteiger partial charge < -0.3 is 10.3 Å². The van der Waals surface area contributed by atoms with Crippen LogP contribution in [0.1, 0.15) is 45.6 Å². The molecule has 32 heavy (non-hydrogen) atoms. The summed E-state index contributed by atoms with van der Waals surface area (Å²) in [6.07, 6.45) is 4.87. The fraction of sp³-hybridized carbons (Fsp3) is 0.375. The monoisotopic (exact) mass is 440 g/mol. The maximum atomic E-state index is 15.3. The third kappa shape index (κ3) is 3.53. The highest BCUT2D eigenvalue weighted by atomic mass is 19.1. The molecule has 1 saturated heterocycles. The SMILES string of the molecule is CCn1ncc2c(F)cc(-c3[nH]c(=O)c(C(/C=C4\CCNC4=O)(CC)CC)cc3F)cc21. The molecule has 2 aromatic heterocycles. The molecule has 1 aromatic carbocycles. The molecule has 0 spiro atoms. The zero-order chi connectivity index (χ0) is 23.0. The van der Waals surface area contributed by atoms with Gasteiger partial charge in [0.25, 0.3) is 5.56 Å². The van der Waals surface area contributed by atoms with E-state index in [1.54, 1.807) is 10.7 Å². The van der Waals surface area contributed by atoms with Crippen molar-refractivity contribution >= 4 is 16.8 Å². The van der Waals surface area contributed by atoms with E-state index in [4.69, 9.17) is 0 Å². The first-order valence-corrected chi connectivity index (χ1v) is 10.9. The molecule has 0 saturated carbocycles. The Labute approximate surface area is 184 Å². The van der Waals surface area contributed by atoms with E-state index < -0.39 is 22.6 Å². The Balaban J connectivity index is 1.86. The van der Waals surface area contributed by atoms with Crippen molar-refractivity contribution in [1.29, 1.82) is 0 Å². The van der Waals surface area contributed by atoms with Gasteiger partial charge in [0.15, 0.2) is 0 Å². The number of aromatic nitrogens is 3. The van der Waals surface area contributed by atoms with E-state index in [1.807, 2.05) is 26.8 Å². The lowest BCUT2D eigenvalue weighted by Gasteiger charge is -2.29. The van der Waals surface area contributed by atoms with Crippen LogP contribution in [0.4, 0.5) is 8.78 Å². The van der Waals surface area contributed by atoms with Crippen molar-refractivity contribution in [3.8, 4) is 11.3 Å². The van der Waals surface area contributed by atoms with Crippen molar-refractivity contribution in [3.63, 3.8) is 0 Å². The van der Waals surface area contributed by atoms with E-state index in [-0.39, 0.29) is 22.7 Å². The van der Waals surface area contributed by atoms with Crippen molar-refractivity contribution in [2.75, 3.05) is 6.54 Å². The molecule has 1 aliphatic rings. The standard InChI is InChI=1S/C24H26F2N4O2/c1-4-24(5-2,12-14-7-8-27-22(14)31)17-11-19(26)21(29-23(17)32)15-9-18(25)16-13-28-30(6-3)20(16)10-15/h9-13H,4-8H2,1-3H3,(H,27,31)(H,29,32)/b14-12+. The van der Waals surface area contributed by atoms with Crippen molar-refractivity contribution in [3.05, 3.63) is 63.6 Å². The first-order chi connectivity index (χ1) is 15.3. The highest BCUT2D eigenvalue weighted by Gasteiger charge is 2.33. The number of amides is 1. The molecule has 8 heteroatoms. The van der Waals surface area contributed by atoms with Gasteiger partial charge in [-0.25, -0.2) is 8.78 Å². The van der Waals surface area contributed by atoms with Gasteiger partial charge in [-0.1, -0.05) is 19.9 Å². The average Bonchev–Trinajstić information content (AvgIpc) is 3.39. The number of hydrogen-bond acceptors (Lipinski definition) is 3. The molecule has 1 aliphatic heterocycles. The fourth-order valence-electron chi connectivity index (χ4n) is 4.54. The second-order valence-electron chi connectivity index (χ2n) is 8.12. The fourth-order valence-corrected chi connectivity index (χ4v) is 4.54. The highest BCUT2D eigenvalue weighted by molar-refractivity contribution is 5.95. The molecule has 6 nitrogen and oxygen atoms in total. The summed E-state index contributed by atoms with van der Waals surface area (Å²) in [7, 11) is 0. The number of H-pyrrole nitrogens is 1. The lowest BCUT2D eigenvalue weighted by Crippen LogP contribution is -2.32. The summed E-state index contributed by atoms with van der Waals surface area (Å²) in [5.41, 5.74) is 0.327. The molecule has 0 radical (unpaired) electrons. The molecule has 0 aliphatic carbocycles. The smallest absolute Gasteiger partial charge is 0.252 e. The molecule has 1 amide bonds. The number of benzene rings is 1. The third-order valence-corrected chi connectivity index (χ3v) is 6.51. The summed E-state index contributed by atoms with van der Waals surface area (Å²) in [5.74, 6) is -1.34. The summed E-state index contributed by atoms with van der Waals surface area (Å²) in [4.78, 5) is 27.9. The molecular weight excluding hydrogens is 414 g/mol. The second-order valence-corrected chi connectivity index (χ2v) is 8.12. The lowest BCUT2D eigenvalue weighted by molar-refractivity contribution is -0.116. The molecule has 3 aromatic rings. The van der Waals surface area contributed by atoms with Gasteiger partial charge in [0.05, 0.1) is 22.8 Å². The van der Waals surface area contributed by atoms with Crippen LogP contribution >= 0.6 is 0 Å². The summed E-state index contributed by atoms with van der Waals surface area (Å²) in [6, 6.07) is 4.06. The van der Waals surface area contributed by atoms with Gasteiger partial charge in [-0.2, -0.15) is 5.10 Å². The number of carbonyl (C=O) groups excluding carboxylic acids is 1. The minimum Gasteiger partial charge on any atom is -0.352 e. The van der Waals surface area contributed by atoms with E-state index >= 15 is 4.39 Å². The number of rotatable bonds is 6. The summed E-state index contributed by atoms with van der Waals surface area (Å²) in [6.45, 7) is 6.78. The quantitative estimate of drug-likeness (QED) is 0.564. The first kappa shape index (κ1) is 21.9. The van der Waals surface area contributed by atoms with Gasteiger partial charge in [0.1, 0.15) is 11.6 Å². The van der Waals surface area contributed by atoms with E-state index in [1.165, 1.54) is 18.3 Å². The number of carbonyl (C=O) groups is 1. The maximum Gasteiger partial charge on any atom is 0.252 e. The normalized spacial score (nSPS) is 15.7. The Kier molecular flexibility index (Phi) is 5.71. The minimum atomic E-state index is -0.778. The number of nitrogens with one attached hydrogen (secondary N) is 2. The van der Waals surface area contributed by atoms with E-state index in [0.717, 1.165) is 0 Å². The van der Waals surface area contributed by atoms with Crippen LogP contribution in [-0.4, -0.2) is 27.2 Å². The molecule has 3 heterocycles. The number of hydrogen-bond donors (Lipinski definition) is 2. The third-order valence-electron chi connectivity index (χ3n) is 6.51. The van der Waals surface area contributed by atoms with E-state index in [9.17, 15) is 14.0 Å². The molecule has 0 unspecified atom stereocenters. The van der Waals surface area contributed by atoms with Crippen LogP contribution in [0, 0.1) is 11.6 Å². The van der Waals surface area contributed by atoms with Gasteiger partial charge in [-0.15, -0.1) is 0 Å². The number of fused-ring (bicyclic) bond motifs is 1. The van der Waals surface area contributed by atoms with Crippen LogP contribution in [0.3, 0.4) is 0 Å². The van der Waals surface area contributed by atoms with Crippen LogP contribution in [0.2, 0.25) is 0 Å². The zero-order valence-corrected chi connectivity index (χ0v) is 18.4. The maximum absolute atomic E-state index is 15.3. The summed E-state index contributed by atoms with van der Waals surface area (Å²) >= 11 is 0. The summed E-state index contributed by atoms with van der Waals surface area (Å²) < 4.78 is 31.6. The number of nitrogens with zero attached hydrogens (tertiary/aromatic N) is 2. The number of pyridine rings is 1. The number of allylic oxidation sites excluding steroid dienone is 1. The van der Waals surface area contributed by atoms with Crippen LogP contribution in [0.5, 0.6) is 0 Å². The van der Waals surface area contributed by atoms with Gasteiger partial charge in [-0.3, -0.25) is 14.3 Å². The second kappa shape index (κ2) is 8.33. The first-order valence-electron chi connectivity index (χ1n) is 10.9. The largest absolute Gasteiger partial charge is 0.352 e. The predicted molar refractivity (Wildman–Crippen MR) is 119 cm³/mol. The Bertz CT molecular complexity index is 1290. The van der Waals surface area contributed by atoms with Crippen molar-refractivity contribution in [1.82, 2.24) is 20.1 Å². The average molecular weight is 440 g/mol. The zero-order valence-electron chi connectivity index (χ0n) is 18.4. The van der Waals surface area contributed by atoms with Crippen molar-refractivity contribution in [2.45, 2.75) is 52.0 Å². The molecule has 0 bridgehead atoms. The van der Waals surface area contributed by atoms with Crippen LogP contribution < -0.4 is 10.9 Å². The number of aryl methyl sites for hydroxylation is 1. The Morgan fingerprint density at radius 1 is 1.12 bits per heavy atom. The molecular formula is C24H26F2N4O2. The lowest BCUT2D eigenvalue weighted by atomic mass is 9.74. The minimum absolute atomic E-state index is 0.0734. The van der Waals surface area contributed by atoms with Gasteiger partial charge >= 0.3 is 0 Å². The van der Waals surface area contributed by atoms with E-state index in [0.29, 0.717) is 48.8 Å².